The van der Waals surface area contributed by atoms with Crippen molar-refractivity contribution in [3.63, 3.8) is 0 Å². The number of rotatable bonds is 5. The van der Waals surface area contributed by atoms with E-state index in [-0.39, 0.29) is 10.9 Å². The van der Waals surface area contributed by atoms with Crippen molar-refractivity contribution in [2.75, 3.05) is 18.4 Å². The topological polar surface area (TPSA) is 84.7 Å². The van der Waals surface area contributed by atoms with Crippen LogP contribution in [0.1, 0.15) is 18.9 Å². The normalized spacial score (nSPS) is 14.7. The largest absolute Gasteiger partial charge is 0.481 e. The Kier molecular flexibility index (Phi) is 6.39. The van der Waals surface area contributed by atoms with Crippen LogP contribution in [0.15, 0.2) is 48.5 Å². The summed E-state index contributed by atoms with van der Waals surface area (Å²) in [4.78, 5) is 25.1. The number of carbonyl (C=O) groups excluding carboxylic acids is 2. The van der Waals surface area contributed by atoms with Crippen molar-refractivity contribution in [3.8, 4) is 5.75 Å². The summed E-state index contributed by atoms with van der Waals surface area (Å²) in [6, 6.07) is 10.9. The summed E-state index contributed by atoms with van der Waals surface area (Å²) in [6.45, 7) is 2.70. The SMILES string of the molecule is CC(Oc1ccc(C2=CCN(C(N)=O)CC2)cc1)C(=O)Nc1ccc(F)c(Cl)c1. The lowest BCUT2D eigenvalue weighted by Gasteiger charge is -2.25. The van der Waals surface area contributed by atoms with Gasteiger partial charge in [0.1, 0.15) is 11.6 Å². The molecule has 0 saturated carbocycles. The molecule has 0 aliphatic carbocycles. The number of hydrogen-bond acceptors (Lipinski definition) is 3. The molecule has 0 aromatic heterocycles. The summed E-state index contributed by atoms with van der Waals surface area (Å²) in [5.74, 6) is -0.383. The van der Waals surface area contributed by atoms with Gasteiger partial charge >= 0.3 is 6.03 Å². The van der Waals surface area contributed by atoms with Gasteiger partial charge < -0.3 is 20.7 Å². The maximum absolute atomic E-state index is 13.2. The van der Waals surface area contributed by atoms with E-state index in [9.17, 15) is 14.0 Å². The van der Waals surface area contributed by atoms with E-state index in [2.05, 4.69) is 5.32 Å². The zero-order chi connectivity index (χ0) is 21.0. The Hall–Kier alpha value is -3.06. The molecule has 0 spiro atoms. The molecule has 2 aromatic rings. The Morgan fingerprint density at radius 3 is 2.55 bits per heavy atom. The summed E-state index contributed by atoms with van der Waals surface area (Å²) >= 11 is 5.72. The van der Waals surface area contributed by atoms with Gasteiger partial charge in [-0.25, -0.2) is 9.18 Å². The molecule has 6 nitrogen and oxygen atoms in total. The van der Waals surface area contributed by atoms with Crippen LogP contribution in [-0.4, -0.2) is 36.0 Å². The minimum absolute atomic E-state index is 0.0667. The van der Waals surface area contributed by atoms with Gasteiger partial charge in [0.2, 0.25) is 0 Å². The van der Waals surface area contributed by atoms with Crippen LogP contribution in [-0.2, 0) is 4.79 Å². The predicted molar refractivity (Wildman–Crippen MR) is 110 cm³/mol. The first-order chi connectivity index (χ1) is 13.8. The smallest absolute Gasteiger partial charge is 0.315 e. The number of ether oxygens (including phenoxy) is 1. The second-order valence-corrected chi connectivity index (χ2v) is 7.07. The van der Waals surface area contributed by atoms with E-state index in [1.807, 2.05) is 18.2 Å². The number of urea groups is 1. The van der Waals surface area contributed by atoms with Crippen molar-refractivity contribution in [1.29, 1.82) is 0 Å². The van der Waals surface area contributed by atoms with Gasteiger partial charge in [0.15, 0.2) is 6.10 Å². The standard InChI is InChI=1S/C21H21ClFN3O3/c1-13(20(27)25-16-4-7-19(23)18(22)12-16)29-17-5-2-14(3-6-17)15-8-10-26(11-9-15)21(24)28/h2-8,12-13H,9-11H2,1H3,(H2,24,28)(H,25,27). The molecule has 2 aromatic carbocycles. The summed E-state index contributed by atoms with van der Waals surface area (Å²) < 4.78 is 18.9. The molecule has 3 amide bonds. The fraction of sp³-hybridized carbons (Fsp3) is 0.238. The zero-order valence-electron chi connectivity index (χ0n) is 15.8. The highest BCUT2D eigenvalue weighted by atomic mass is 35.5. The molecule has 0 radical (unpaired) electrons. The number of primary amides is 1. The van der Waals surface area contributed by atoms with E-state index < -0.39 is 18.0 Å². The van der Waals surface area contributed by atoms with Crippen LogP contribution in [0.4, 0.5) is 14.9 Å². The first kappa shape index (κ1) is 20.7. The first-order valence-electron chi connectivity index (χ1n) is 9.10. The van der Waals surface area contributed by atoms with Crippen molar-refractivity contribution in [1.82, 2.24) is 4.90 Å². The molecule has 29 heavy (non-hydrogen) atoms. The molecule has 3 N–H and O–H groups in total. The molecule has 1 unspecified atom stereocenters. The van der Waals surface area contributed by atoms with Crippen molar-refractivity contribution in [3.05, 3.63) is 64.9 Å². The number of amides is 3. The van der Waals surface area contributed by atoms with Gasteiger partial charge in [0, 0.05) is 18.8 Å². The highest BCUT2D eigenvalue weighted by molar-refractivity contribution is 6.31. The third kappa shape index (κ3) is 5.26. The summed E-state index contributed by atoms with van der Waals surface area (Å²) in [6.07, 6.45) is 1.94. The maximum atomic E-state index is 13.2. The molecule has 0 bridgehead atoms. The maximum Gasteiger partial charge on any atom is 0.315 e. The Balaban J connectivity index is 1.58. The van der Waals surface area contributed by atoms with Gasteiger partial charge in [0.25, 0.3) is 5.91 Å². The molecule has 1 aliphatic rings. The van der Waals surface area contributed by atoms with Gasteiger partial charge in [-0.2, -0.15) is 0 Å². The number of halogens is 2. The van der Waals surface area contributed by atoms with Crippen molar-refractivity contribution in [2.45, 2.75) is 19.4 Å². The molecule has 152 valence electrons. The highest BCUT2D eigenvalue weighted by Crippen LogP contribution is 2.25. The molecule has 8 heteroatoms. The molecule has 0 fully saturated rings. The second-order valence-electron chi connectivity index (χ2n) is 6.67. The molecular weight excluding hydrogens is 397 g/mol. The van der Waals surface area contributed by atoms with Crippen molar-refractivity contribution >= 4 is 34.8 Å². The fourth-order valence-corrected chi connectivity index (χ4v) is 3.14. The number of carbonyl (C=O) groups is 2. The van der Waals surface area contributed by atoms with Gasteiger partial charge in [0.05, 0.1) is 5.02 Å². The molecule has 1 heterocycles. The second kappa shape index (κ2) is 8.96. The van der Waals surface area contributed by atoms with Crippen LogP contribution >= 0.6 is 11.6 Å². The van der Waals surface area contributed by atoms with Crippen LogP contribution in [0.25, 0.3) is 5.57 Å². The molecule has 0 saturated heterocycles. The van der Waals surface area contributed by atoms with E-state index >= 15 is 0 Å². The Labute approximate surface area is 173 Å². The van der Waals surface area contributed by atoms with Gasteiger partial charge in [-0.15, -0.1) is 0 Å². The zero-order valence-corrected chi connectivity index (χ0v) is 16.6. The van der Waals surface area contributed by atoms with E-state index in [4.69, 9.17) is 22.1 Å². The number of nitrogens with zero attached hydrogens (tertiary/aromatic N) is 1. The Bertz CT molecular complexity index is 947. The third-order valence-electron chi connectivity index (χ3n) is 4.62. The molecule has 1 aliphatic heterocycles. The van der Waals surface area contributed by atoms with Crippen LogP contribution in [0.3, 0.4) is 0 Å². The Morgan fingerprint density at radius 2 is 1.97 bits per heavy atom. The highest BCUT2D eigenvalue weighted by Gasteiger charge is 2.17. The Morgan fingerprint density at radius 1 is 1.24 bits per heavy atom. The minimum Gasteiger partial charge on any atom is -0.481 e. The van der Waals surface area contributed by atoms with E-state index in [1.165, 1.54) is 18.2 Å². The summed E-state index contributed by atoms with van der Waals surface area (Å²) in [5.41, 5.74) is 7.84. The third-order valence-corrected chi connectivity index (χ3v) is 4.90. The number of hydrogen-bond donors (Lipinski definition) is 2. The van der Waals surface area contributed by atoms with Crippen LogP contribution in [0.2, 0.25) is 5.02 Å². The molecular formula is C21H21ClFN3O3. The van der Waals surface area contributed by atoms with Crippen molar-refractivity contribution in [2.24, 2.45) is 5.73 Å². The number of benzene rings is 2. The van der Waals surface area contributed by atoms with Crippen LogP contribution < -0.4 is 15.8 Å². The number of nitrogens with two attached hydrogens (primary N) is 1. The van der Waals surface area contributed by atoms with E-state index in [0.29, 0.717) is 24.5 Å². The monoisotopic (exact) mass is 417 g/mol. The quantitative estimate of drug-likeness (QED) is 0.769. The average Bonchev–Trinajstić information content (AvgIpc) is 2.71. The molecule has 1 atom stereocenters. The summed E-state index contributed by atoms with van der Waals surface area (Å²) in [5, 5.41) is 2.57. The predicted octanol–water partition coefficient (Wildman–Crippen LogP) is 4.05. The number of anilines is 1. The lowest BCUT2D eigenvalue weighted by Crippen LogP contribution is -2.38. The van der Waals surface area contributed by atoms with E-state index in [0.717, 1.165) is 17.6 Å². The van der Waals surface area contributed by atoms with Gasteiger partial charge in [-0.3, -0.25) is 4.79 Å². The average molecular weight is 418 g/mol. The fourth-order valence-electron chi connectivity index (χ4n) is 2.95. The first-order valence-corrected chi connectivity index (χ1v) is 9.47. The van der Waals surface area contributed by atoms with Crippen molar-refractivity contribution < 1.29 is 18.7 Å². The summed E-state index contributed by atoms with van der Waals surface area (Å²) in [7, 11) is 0. The minimum atomic E-state index is -0.761. The van der Waals surface area contributed by atoms with Gasteiger partial charge in [-0.05, 0) is 54.8 Å². The van der Waals surface area contributed by atoms with Gasteiger partial charge in [-0.1, -0.05) is 29.8 Å². The lowest BCUT2D eigenvalue weighted by atomic mass is 9.99. The molecule has 3 rings (SSSR count). The number of nitrogens with one attached hydrogen (secondary N) is 1. The van der Waals surface area contributed by atoms with E-state index in [1.54, 1.807) is 24.0 Å². The van der Waals surface area contributed by atoms with Crippen LogP contribution in [0, 0.1) is 5.82 Å². The van der Waals surface area contributed by atoms with Crippen LogP contribution in [0.5, 0.6) is 5.75 Å². The lowest BCUT2D eigenvalue weighted by molar-refractivity contribution is -0.122.